The van der Waals surface area contributed by atoms with Crippen molar-refractivity contribution in [1.82, 2.24) is 10.2 Å². The Balaban J connectivity index is 1.29. The van der Waals surface area contributed by atoms with E-state index in [0.717, 1.165) is 11.3 Å². The lowest BCUT2D eigenvalue weighted by atomic mass is 10.2. The molecule has 7 nitrogen and oxygen atoms in total. The van der Waals surface area contributed by atoms with Crippen LogP contribution in [-0.2, 0) is 16.0 Å². The van der Waals surface area contributed by atoms with Crippen LogP contribution in [0, 0.1) is 0 Å². The molecule has 1 saturated heterocycles. The van der Waals surface area contributed by atoms with Gasteiger partial charge in [-0.25, -0.2) is 0 Å². The van der Waals surface area contributed by atoms with Gasteiger partial charge in [0.2, 0.25) is 12.7 Å². The highest BCUT2D eigenvalue weighted by Crippen LogP contribution is 2.36. The van der Waals surface area contributed by atoms with Gasteiger partial charge in [-0.05, 0) is 35.9 Å². The van der Waals surface area contributed by atoms with Crippen LogP contribution >= 0.6 is 24.0 Å². The fourth-order valence-electron chi connectivity index (χ4n) is 2.93. The number of ether oxygens (including phenoxy) is 2. The van der Waals surface area contributed by atoms with Gasteiger partial charge in [0.1, 0.15) is 10.1 Å². The number of thiocarbonyl (C=S) groups is 1. The van der Waals surface area contributed by atoms with Crippen LogP contribution in [0.4, 0.5) is 0 Å². The lowest BCUT2D eigenvalue weighted by Gasteiger charge is -2.14. The zero-order valence-corrected chi connectivity index (χ0v) is 17.0. The largest absolute Gasteiger partial charge is 0.469 e. The molecule has 0 spiro atoms. The number of fused-ring (bicyclic) bond motifs is 1. The van der Waals surface area contributed by atoms with E-state index in [1.165, 1.54) is 16.7 Å². The van der Waals surface area contributed by atoms with Gasteiger partial charge in [0.05, 0.1) is 11.2 Å². The highest BCUT2D eigenvalue weighted by Gasteiger charge is 2.31. The minimum atomic E-state index is -0.164. The smallest absolute Gasteiger partial charge is 0.266 e. The van der Waals surface area contributed by atoms with Gasteiger partial charge in [0.25, 0.3) is 5.91 Å². The number of hydrogen-bond acceptors (Lipinski definition) is 7. The third kappa shape index (κ3) is 4.63. The van der Waals surface area contributed by atoms with E-state index in [4.69, 9.17) is 26.1 Å². The van der Waals surface area contributed by atoms with Crippen LogP contribution in [0.15, 0.2) is 45.9 Å². The number of hydrogen-bond donors (Lipinski definition) is 1. The summed E-state index contributed by atoms with van der Waals surface area (Å²) in [6.07, 6.45) is 4.23. The highest BCUT2D eigenvalue weighted by atomic mass is 32.2. The molecule has 0 bridgehead atoms. The minimum Gasteiger partial charge on any atom is -0.469 e. The van der Waals surface area contributed by atoms with Crippen LogP contribution in [-0.4, -0.2) is 40.9 Å². The average Bonchev–Trinajstić information content (AvgIpc) is 3.44. The zero-order chi connectivity index (χ0) is 20.2. The van der Waals surface area contributed by atoms with E-state index in [1.54, 1.807) is 18.4 Å². The van der Waals surface area contributed by atoms with Gasteiger partial charge in [-0.1, -0.05) is 30.0 Å². The number of furan rings is 1. The number of carbonyl (C=O) groups is 2. The molecular formula is C20H18N2O5S2. The van der Waals surface area contributed by atoms with E-state index in [0.29, 0.717) is 46.7 Å². The summed E-state index contributed by atoms with van der Waals surface area (Å²) in [7, 11) is 0. The molecule has 2 amide bonds. The van der Waals surface area contributed by atoms with Gasteiger partial charge in [-0.15, -0.1) is 0 Å². The Labute approximate surface area is 177 Å². The number of thioether (sulfide) groups is 1. The second-order valence-electron chi connectivity index (χ2n) is 6.38. The fourth-order valence-corrected chi connectivity index (χ4v) is 4.24. The summed E-state index contributed by atoms with van der Waals surface area (Å²) in [5, 5.41) is 2.81. The Hall–Kier alpha value is -2.78. The number of rotatable bonds is 7. The van der Waals surface area contributed by atoms with Crippen molar-refractivity contribution in [2.24, 2.45) is 0 Å². The number of benzene rings is 1. The summed E-state index contributed by atoms with van der Waals surface area (Å²) in [4.78, 5) is 26.7. The van der Waals surface area contributed by atoms with Crippen molar-refractivity contribution >= 4 is 46.2 Å². The summed E-state index contributed by atoms with van der Waals surface area (Å²) < 4.78 is 16.4. The molecule has 0 atom stereocenters. The zero-order valence-electron chi connectivity index (χ0n) is 15.4. The molecule has 2 aromatic rings. The molecule has 4 rings (SSSR count). The van der Waals surface area contributed by atoms with Crippen molar-refractivity contribution in [2.75, 3.05) is 19.9 Å². The van der Waals surface area contributed by atoms with Gasteiger partial charge < -0.3 is 19.2 Å². The van der Waals surface area contributed by atoms with Crippen LogP contribution < -0.4 is 14.8 Å². The van der Waals surface area contributed by atoms with Crippen molar-refractivity contribution in [2.45, 2.75) is 12.8 Å². The summed E-state index contributed by atoms with van der Waals surface area (Å²) in [5.74, 6) is 1.86. The third-order valence-electron chi connectivity index (χ3n) is 4.40. The van der Waals surface area contributed by atoms with Crippen molar-refractivity contribution < 1.29 is 23.5 Å². The van der Waals surface area contributed by atoms with Gasteiger partial charge in [0.15, 0.2) is 11.5 Å². The Morgan fingerprint density at radius 1 is 1.28 bits per heavy atom. The van der Waals surface area contributed by atoms with E-state index in [1.807, 2.05) is 24.3 Å². The third-order valence-corrected chi connectivity index (χ3v) is 5.78. The van der Waals surface area contributed by atoms with Gasteiger partial charge in [-0.2, -0.15) is 0 Å². The maximum absolute atomic E-state index is 12.7. The topological polar surface area (TPSA) is 81.0 Å². The van der Waals surface area contributed by atoms with E-state index in [-0.39, 0.29) is 18.6 Å². The van der Waals surface area contributed by atoms with Crippen LogP contribution in [0.1, 0.15) is 17.7 Å². The fraction of sp³-hybridized carbons (Fsp3) is 0.250. The van der Waals surface area contributed by atoms with Crippen LogP contribution in [0.3, 0.4) is 0 Å². The Morgan fingerprint density at radius 3 is 2.97 bits per heavy atom. The lowest BCUT2D eigenvalue weighted by Crippen LogP contribution is -2.37. The Morgan fingerprint density at radius 2 is 2.14 bits per heavy atom. The first kappa shape index (κ1) is 19.5. The first-order valence-electron chi connectivity index (χ1n) is 9.04. The van der Waals surface area contributed by atoms with Gasteiger partial charge >= 0.3 is 0 Å². The maximum atomic E-state index is 12.7. The second-order valence-corrected chi connectivity index (χ2v) is 8.05. The van der Waals surface area contributed by atoms with E-state index in [9.17, 15) is 9.59 Å². The first-order chi connectivity index (χ1) is 14.1. The van der Waals surface area contributed by atoms with E-state index in [2.05, 4.69) is 5.32 Å². The summed E-state index contributed by atoms with van der Waals surface area (Å²) in [5.41, 5.74) is 0.834. The summed E-state index contributed by atoms with van der Waals surface area (Å²) in [6, 6.07) is 9.12. The Kier molecular flexibility index (Phi) is 5.86. The number of nitrogens with zero attached hydrogens (tertiary/aromatic N) is 1. The van der Waals surface area contributed by atoms with Crippen LogP contribution in [0.2, 0.25) is 0 Å². The number of aryl methyl sites for hydroxylation is 1. The molecule has 9 heteroatoms. The molecular weight excluding hydrogens is 412 g/mol. The number of nitrogens with one attached hydrogen (secondary N) is 1. The molecule has 1 N–H and O–H groups in total. The normalized spacial score (nSPS) is 16.7. The van der Waals surface area contributed by atoms with Crippen LogP contribution in [0.25, 0.3) is 6.08 Å². The van der Waals surface area contributed by atoms with Crippen molar-refractivity contribution in [1.29, 1.82) is 0 Å². The standard InChI is InChI=1S/C20H18N2O5S2/c23-18(6-4-14-2-1-9-25-14)21-7-8-22-19(24)17(29-20(22)28)11-13-3-5-15-16(10-13)27-12-26-15/h1-3,5,9-11H,4,6-8,12H2,(H,21,23)/b17-11+. The molecule has 3 heterocycles. The van der Waals surface area contributed by atoms with Gasteiger partial charge in [-0.3, -0.25) is 14.5 Å². The monoisotopic (exact) mass is 430 g/mol. The molecule has 0 unspecified atom stereocenters. The van der Waals surface area contributed by atoms with E-state index >= 15 is 0 Å². The highest BCUT2D eigenvalue weighted by molar-refractivity contribution is 8.26. The number of carbonyl (C=O) groups excluding carboxylic acids is 2. The molecule has 0 aliphatic carbocycles. The number of amides is 2. The maximum Gasteiger partial charge on any atom is 0.266 e. The minimum absolute atomic E-state index is 0.0947. The Bertz CT molecular complexity index is 971. The first-order valence-corrected chi connectivity index (χ1v) is 10.3. The quantitative estimate of drug-likeness (QED) is 0.534. The average molecular weight is 431 g/mol. The molecule has 0 saturated carbocycles. The van der Waals surface area contributed by atoms with Crippen LogP contribution in [0.5, 0.6) is 11.5 Å². The SMILES string of the molecule is O=C(CCc1ccco1)NCCN1C(=O)/C(=C\c2ccc3c(c2)OCO3)SC1=S. The molecule has 2 aliphatic rings. The molecule has 1 aromatic heterocycles. The lowest BCUT2D eigenvalue weighted by molar-refractivity contribution is -0.123. The second kappa shape index (κ2) is 8.71. The van der Waals surface area contributed by atoms with Crippen molar-refractivity contribution in [3.05, 3.63) is 52.8 Å². The predicted molar refractivity (Wildman–Crippen MR) is 112 cm³/mol. The molecule has 1 fully saturated rings. The van der Waals surface area contributed by atoms with Crippen molar-refractivity contribution in [3.63, 3.8) is 0 Å². The molecule has 29 heavy (non-hydrogen) atoms. The molecule has 2 aliphatic heterocycles. The van der Waals surface area contributed by atoms with Crippen molar-refractivity contribution in [3.8, 4) is 11.5 Å². The molecule has 1 aromatic carbocycles. The summed E-state index contributed by atoms with van der Waals surface area (Å²) >= 11 is 6.58. The van der Waals surface area contributed by atoms with Gasteiger partial charge in [0, 0.05) is 25.9 Å². The van der Waals surface area contributed by atoms with E-state index < -0.39 is 0 Å². The predicted octanol–water partition coefficient (Wildman–Crippen LogP) is 2.96. The molecule has 0 radical (unpaired) electrons. The summed E-state index contributed by atoms with van der Waals surface area (Å²) in [6.45, 7) is 0.866. The molecule has 150 valence electrons.